The lowest BCUT2D eigenvalue weighted by molar-refractivity contribution is -0.152. The van der Waals surface area contributed by atoms with Crippen LogP contribution in [0.15, 0.2) is 0 Å². The summed E-state index contributed by atoms with van der Waals surface area (Å²) in [5.74, 6) is -0.249. The Morgan fingerprint density at radius 1 is 1.50 bits per heavy atom. The van der Waals surface area contributed by atoms with Crippen LogP contribution in [0, 0.1) is 5.92 Å². The monoisotopic (exact) mass is 227 g/mol. The van der Waals surface area contributed by atoms with Crippen molar-refractivity contribution in [1.29, 1.82) is 0 Å². The Morgan fingerprint density at radius 3 is 2.38 bits per heavy atom. The first-order valence-electron chi connectivity index (χ1n) is 6.42. The van der Waals surface area contributed by atoms with Crippen LogP contribution in [-0.4, -0.2) is 34.1 Å². The van der Waals surface area contributed by atoms with Crippen LogP contribution in [0.2, 0.25) is 0 Å². The predicted octanol–water partition coefficient (Wildman–Crippen LogP) is 2.75. The quantitative estimate of drug-likeness (QED) is 0.727. The third-order valence-corrected chi connectivity index (χ3v) is 3.35. The number of aliphatic carboxylic acids is 1. The minimum absolute atomic E-state index is 0.416. The molecule has 0 spiro atoms. The van der Waals surface area contributed by atoms with Gasteiger partial charge >= 0.3 is 5.97 Å². The Morgan fingerprint density at radius 2 is 2.06 bits per heavy atom. The minimum Gasteiger partial charge on any atom is -0.480 e. The molecule has 1 saturated carbocycles. The Bertz CT molecular complexity index is 248. The van der Waals surface area contributed by atoms with E-state index in [0.717, 1.165) is 19.4 Å². The molecule has 1 atom stereocenters. The molecular weight excluding hydrogens is 202 g/mol. The van der Waals surface area contributed by atoms with E-state index < -0.39 is 11.5 Å². The normalized spacial score (nSPS) is 20.1. The average Bonchev–Trinajstić information content (AvgIpc) is 2.95. The molecule has 0 heterocycles. The van der Waals surface area contributed by atoms with Gasteiger partial charge in [0.1, 0.15) is 5.54 Å². The van der Waals surface area contributed by atoms with E-state index in [-0.39, 0.29) is 0 Å². The van der Waals surface area contributed by atoms with E-state index in [0.29, 0.717) is 12.0 Å². The first kappa shape index (κ1) is 13.5. The molecule has 1 rings (SSSR count). The number of nitrogens with zero attached hydrogens (tertiary/aromatic N) is 1. The third-order valence-electron chi connectivity index (χ3n) is 3.35. The summed E-state index contributed by atoms with van der Waals surface area (Å²) in [5.41, 5.74) is -0.675. The Balaban J connectivity index is 2.83. The van der Waals surface area contributed by atoms with Gasteiger partial charge in [-0.25, -0.2) is 0 Å². The van der Waals surface area contributed by atoms with Gasteiger partial charge < -0.3 is 5.11 Å². The molecule has 94 valence electrons. The molecule has 3 nitrogen and oxygen atoms in total. The van der Waals surface area contributed by atoms with Crippen LogP contribution in [-0.2, 0) is 4.79 Å². The van der Waals surface area contributed by atoms with Gasteiger partial charge in [0, 0.05) is 6.04 Å². The summed E-state index contributed by atoms with van der Waals surface area (Å²) in [6.07, 6.45) is 4.10. The van der Waals surface area contributed by atoms with Gasteiger partial charge in [0.2, 0.25) is 0 Å². The lowest BCUT2D eigenvalue weighted by atomic mass is 9.88. The smallest absolute Gasteiger partial charge is 0.323 e. The molecule has 3 heteroatoms. The maximum Gasteiger partial charge on any atom is 0.323 e. The standard InChI is InChI=1S/C13H25NO2/c1-5-8-14(11-6-7-11)13(4,12(15)16)9-10(2)3/h10-11H,5-9H2,1-4H3,(H,15,16). The van der Waals surface area contributed by atoms with Crippen LogP contribution in [0.3, 0.4) is 0 Å². The molecule has 0 aromatic rings. The van der Waals surface area contributed by atoms with Crippen molar-refractivity contribution in [1.82, 2.24) is 4.90 Å². The molecule has 0 amide bonds. The predicted molar refractivity (Wildman–Crippen MR) is 65.5 cm³/mol. The van der Waals surface area contributed by atoms with Crippen molar-refractivity contribution in [3.63, 3.8) is 0 Å². The third kappa shape index (κ3) is 2.97. The van der Waals surface area contributed by atoms with Gasteiger partial charge in [-0.1, -0.05) is 20.8 Å². The highest BCUT2D eigenvalue weighted by atomic mass is 16.4. The number of carboxylic acids is 1. The van der Waals surface area contributed by atoms with Gasteiger partial charge in [0.05, 0.1) is 0 Å². The second kappa shape index (κ2) is 5.17. The number of hydrogen-bond acceptors (Lipinski definition) is 2. The van der Waals surface area contributed by atoms with E-state index in [1.54, 1.807) is 0 Å². The second-order valence-electron chi connectivity index (χ2n) is 5.60. The van der Waals surface area contributed by atoms with Crippen LogP contribution in [0.4, 0.5) is 0 Å². The Kier molecular flexibility index (Phi) is 4.36. The number of hydrogen-bond donors (Lipinski definition) is 1. The molecule has 1 fully saturated rings. The number of carboxylic acid groups (broad SMARTS) is 1. The first-order valence-corrected chi connectivity index (χ1v) is 6.42. The van der Waals surface area contributed by atoms with Gasteiger partial charge in [-0.15, -0.1) is 0 Å². The second-order valence-corrected chi connectivity index (χ2v) is 5.60. The molecule has 0 aliphatic heterocycles. The average molecular weight is 227 g/mol. The zero-order valence-corrected chi connectivity index (χ0v) is 11.0. The van der Waals surface area contributed by atoms with Crippen molar-refractivity contribution in [2.24, 2.45) is 5.92 Å². The van der Waals surface area contributed by atoms with Gasteiger partial charge in [0.25, 0.3) is 0 Å². The molecule has 1 unspecified atom stereocenters. The fourth-order valence-corrected chi connectivity index (χ4v) is 2.58. The van der Waals surface area contributed by atoms with Crippen molar-refractivity contribution in [3.05, 3.63) is 0 Å². The van der Waals surface area contributed by atoms with E-state index in [9.17, 15) is 9.90 Å². The van der Waals surface area contributed by atoms with Gasteiger partial charge in [-0.3, -0.25) is 9.69 Å². The molecule has 0 bridgehead atoms. The fourth-order valence-electron chi connectivity index (χ4n) is 2.58. The maximum atomic E-state index is 11.6. The number of rotatable bonds is 7. The first-order chi connectivity index (χ1) is 7.41. The SMILES string of the molecule is CCCN(C1CC1)C(C)(CC(C)C)C(=O)O. The van der Waals surface area contributed by atoms with Crippen molar-refractivity contribution >= 4 is 5.97 Å². The summed E-state index contributed by atoms with van der Waals surface area (Å²) in [6.45, 7) is 9.10. The summed E-state index contributed by atoms with van der Waals surface area (Å²) >= 11 is 0. The lowest BCUT2D eigenvalue weighted by Crippen LogP contribution is -2.54. The fraction of sp³-hybridized carbons (Fsp3) is 0.923. The molecule has 16 heavy (non-hydrogen) atoms. The van der Waals surface area contributed by atoms with Gasteiger partial charge in [-0.2, -0.15) is 0 Å². The van der Waals surface area contributed by atoms with E-state index in [4.69, 9.17) is 0 Å². The van der Waals surface area contributed by atoms with Crippen LogP contribution in [0.5, 0.6) is 0 Å². The highest BCUT2D eigenvalue weighted by Crippen LogP contribution is 2.36. The summed E-state index contributed by atoms with van der Waals surface area (Å²) in [7, 11) is 0. The largest absolute Gasteiger partial charge is 0.480 e. The Hall–Kier alpha value is -0.570. The maximum absolute atomic E-state index is 11.6. The summed E-state index contributed by atoms with van der Waals surface area (Å²) in [5, 5.41) is 9.51. The minimum atomic E-state index is -0.675. The van der Waals surface area contributed by atoms with E-state index in [1.165, 1.54) is 12.8 Å². The van der Waals surface area contributed by atoms with E-state index >= 15 is 0 Å². The van der Waals surface area contributed by atoms with Crippen LogP contribution >= 0.6 is 0 Å². The van der Waals surface area contributed by atoms with Crippen LogP contribution in [0.1, 0.15) is 53.4 Å². The highest BCUT2D eigenvalue weighted by molar-refractivity contribution is 5.78. The lowest BCUT2D eigenvalue weighted by Gasteiger charge is -2.39. The molecule has 0 aromatic heterocycles. The van der Waals surface area contributed by atoms with Crippen molar-refractivity contribution in [3.8, 4) is 0 Å². The molecule has 0 radical (unpaired) electrons. The highest BCUT2D eigenvalue weighted by Gasteiger charge is 2.45. The Labute approximate surface area is 98.8 Å². The molecule has 1 N–H and O–H groups in total. The van der Waals surface area contributed by atoms with Crippen LogP contribution < -0.4 is 0 Å². The van der Waals surface area contributed by atoms with Crippen molar-refractivity contribution < 1.29 is 9.90 Å². The topological polar surface area (TPSA) is 40.5 Å². The van der Waals surface area contributed by atoms with Crippen molar-refractivity contribution in [2.45, 2.75) is 65.0 Å². The van der Waals surface area contributed by atoms with Crippen molar-refractivity contribution in [2.75, 3.05) is 6.54 Å². The van der Waals surface area contributed by atoms with E-state index in [1.807, 2.05) is 6.92 Å². The molecular formula is C13H25NO2. The zero-order chi connectivity index (χ0) is 12.3. The summed E-state index contributed by atoms with van der Waals surface area (Å²) in [4.78, 5) is 13.8. The van der Waals surface area contributed by atoms with E-state index in [2.05, 4.69) is 25.7 Å². The number of carbonyl (C=O) groups is 1. The van der Waals surface area contributed by atoms with Gasteiger partial charge in [-0.05, 0) is 45.1 Å². The zero-order valence-electron chi connectivity index (χ0n) is 11.0. The molecule has 1 aliphatic rings. The van der Waals surface area contributed by atoms with Gasteiger partial charge in [0.15, 0.2) is 0 Å². The van der Waals surface area contributed by atoms with Crippen LogP contribution in [0.25, 0.3) is 0 Å². The summed E-state index contributed by atoms with van der Waals surface area (Å²) in [6, 6.07) is 0.514. The molecule has 0 saturated heterocycles. The molecule has 1 aliphatic carbocycles. The molecule has 0 aromatic carbocycles. The summed E-state index contributed by atoms with van der Waals surface area (Å²) < 4.78 is 0.